The van der Waals surface area contributed by atoms with Gasteiger partial charge in [0, 0.05) is 31.7 Å². The van der Waals surface area contributed by atoms with Crippen LogP contribution in [0.1, 0.15) is 41.0 Å². The van der Waals surface area contributed by atoms with E-state index in [1.165, 1.54) is 0 Å². The molecule has 1 fully saturated rings. The van der Waals surface area contributed by atoms with E-state index in [9.17, 15) is 4.79 Å². The Bertz CT molecular complexity index is 258. The molecule has 0 radical (unpaired) electrons. The van der Waals surface area contributed by atoms with Crippen molar-refractivity contribution in [2.45, 2.75) is 59.2 Å². The maximum absolute atomic E-state index is 12.1. The van der Waals surface area contributed by atoms with E-state index in [0.29, 0.717) is 18.0 Å². The molecule has 3 atom stereocenters. The Morgan fingerprint density at radius 2 is 1.83 bits per heavy atom. The molecule has 1 saturated heterocycles. The number of hydrogen-bond acceptors (Lipinski definition) is 3. The van der Waals surface area contributed by atoms with Crippen LogP contribution >= 0.6 is 0 Å². The van der Waals surface area contributed by atoms with E-state index in [2.05, 4.69) is 43.2 Å². The highest BCUT2D eigenvalue weighted by atomic mass is 16.2. The largest absolute Gasteiger partial charge is 0.355 e. The molecular formula is C14H29N3O. The third kappa shape index (κ3) is 4.94. The summed E-state index contributed by atoms with van der Waals surface area (Å²) in [5, 5.41) is 6.53. The zero-order valence-electron chi connectivity index (χ0n) is 12.5. The van der Waals surface area contributed by atoms with Crippen LogP contribution in [0.15, 0.2) is 0 Å². The molecule has 0 aliphatic carbocycles. The van der Waals surface area contributed by atoms with Crippen molar-refractivity contribution in [3.63, 3.8) is 0 Å². The van der Waals surface area contributed by atoms with Crippen LogP contribution in [0.2, 0.25) is 0 Å². The fourth-order valence-electron chi connectivity index (χ4n) is 2.48. The molecule has 18 heavy (non-hydrogen) atoms. The van der Waals surface area contributed by atoms with Crippen molar-refractivity contribution >= 4 is 5.91 Å². The normalized spacial score (nSPS) is 27.2. The van der Waals surface area contributed by atoms with Crippen molar-refractivity contribution in [1.82, 2.24) is 15.5 Å². The van der Waals surface area contributed by atoms with Crippen LogP contribution in [-0.4, -0.2) is 48.6 Å². The van der Waals surface area contributed by atoms with E-state index in [1.54, 1.807) is 0 Å². The molecule has 1 rings (SSSR count). The van der Waals surface area contributed by atoms with E-state index in [0.717, 1.165) is 26.1 Å². The highest BCUT2D eigenvalue weighted by Crippen LogP contribution is 2.08. The third-order valence-electron chi connectivity index (χ3n) is 3.53. The van der Waals surface area contributed by atoms with Crippen LogP contribution in [0.5, 0.6) is 0 Å². The molecule has 0 bridgehead atoms. The predicted octanol–water partition coefficient (Wildman–Crippen LogP) is 1.22. The van der Waals surface area contributed by atoms with Crippen molar-refractivity contribution < 1.29 is 4.79 Å². The zero-order valence-corrected chi connectivity index (χ0v) is 12.5. The summed E-state index contributed by atoms with van der Waals surface area (Å²) in [4.78, 5) is 14.3. The molecule has 0 aromatic heterocycles. The summed E-state index contributed by atoms with van der Waals surface area (Å²) in [6.07, 6.45) is 1.05. The lowest BCUT2D eigenvalue weighted by Gasteiger charge is -2.39. The van der Waals surface area contributed by atoms with Crippen molar-refractivity contribution in [3.8, 4) is 0 Å². The number of carbonyl (C=O) groups excluding carboxylic acids is 1. The van der Waals surface area contributed by atoms with Gasteiger partial charge in [-0.2, -0.15) is 0 Å². The molecule has 1 aliphatic rings. The first-order chi connectivity index (χ1) is 8.40. The smallest absolute Gasteiger partial charge is 0.237 e. The second-order valence-corrected chi connectivity index (χ2v) is 6.07. The van der Waals surface area contributed by atoms with Crippen LogP contribution < -0.4 is 10.6 Å². The van der Waals surface area contributed by atoms with Gasteiger partial charge in [0.15, 0.2) is 0 Å². The third-order valence-corrected chi connectivity index (χ3v) is 3.53. The van der Waals surface area contributed by atoms with Gasteiger partial charge in [0.05, 0.1) is 6.04 Å². The van der Waals surface area contributed by atoms with E-state index in [1.807, 2.05) is 6.92 Å². The Labute approximate surface area is 111 Å². The predicted molar refractivity (Wildman–Crippen MR) is 75.6 cm³/mol. The van der Waals surface area contributed by atoms with E-state index in [4.69, 9.17) is 0 Å². The number of amides is 1. The molecule has 0 saturated carbocycles. The first-order valence-electron chi connectivity index (χ1n) is 7.18. The first kappa shape index (κ1) is 15.4. The molecule has 106 valence electrons. The summed E-state index contributed by atoms with van der Waals surface area (Å²) in [5.74, 6) is 0.803. The van der Waals surface area contributed by atoms with Gasteiger partial charge < -0.3 is 10.6 Å². The molecule has 3 unspecified atom stereocenters. The van der Waals surface area contributed by atoms with E-state index >= 15 is 0 Å². The second kappa shape index (κ2) is 7.10. The van der Waals surface area contributed by atoms with Crippen molar-refractivity contribution in [1.29, 1.82) is 0 Å². The van der Waals surface area contributed by atoms with Gasteiger partial charge in [0.25, 0.3) is 0 Å². The van der Waals surface area contributed by atoms with Crippen LogP contribution in [0.25, 0.3) is 0 Å². The van der Waals surface area contributed by atoms with Gasteiger partial charge in [0.1, 0.15) is 0 Å². The van der Waals surface area contributed by atoms with Crippen LogP contribution in [0, 0.1) is 5.92 Å². The van der Waals surface area contributed by atoms with Gasteiger partial charge in [-0.1, -0.05) is 13.8 Å². The maximum Gasteiger partial charge on any atom is 0.237 e. The van der Waals surface area contributed by atoms with Crippen molar-refractivity contribution in [2.75, 3.05) is 19.6 Å². The molecule has 0 spiro atoms. The Kier molecular flexibility index (Phi) is 6.09. The molecule has 1 heterocycles. The summed E-state index contributed by atoms with van der Waals surface area (Å²) in [7, 11) is 0. The topological polar surface area (TPSA) is 44.4 Å². The van der Waals surface area contributed by atoms with Crippen LogP contribution in [0.4, 0.5) is 0 Å². The first-order valence-corrected chi connectivity index (χ1v) is 7.18. The number of piperazine rings is 1. The number of rotatable bonds is 5. The van der Waals surface area contributed by atoms with Gasteiger partial charge >= 0.3 is 0 Å². The molecule has 0 aromatic carbocycles. The van der Waals surface area contributed by atoms with E-state index in [-0.39, 0.29) is 11.9 Å². The Morgan fingerprint density at radius 1 is 1.28 bits per heavy atom. The number of nitrogens with zero attached hydrogens (tertiary/aromatic N) is 1. The highest BCUT2D eigenvalue weighted by Gasteiger charge is 2.28. The molecule has 4 heteroatoms. The van der Waals surface area contributed by atoms with Gasteiger partial charge in [-0.25, -0.2) is 0 Å². The average Bonchev–Trinajstić information content (AvgIpc) is 2.26. The Morgan fingerprint density at radius 3 is 2.33 bits per heavy atom. The standard InChI is InChI=1S/C14H29N3O/c1-10(2)6-7-15-14(18)13(5)17-8-11(3)16-12(4)9-17/h10-13,16H,6-9H2,1-5H3,(H,15,18). The monoisotopic (exact) mass is 255 g/mol. The quantitative estimate of drug-likeness (QED) is 0.776. The summed E-state index contributed by atoms with van der Waals surface area (Å²) < 4.78 is 0. The fraction of sp³-hybridized carbons (Fsp3) is 0.929. The molecule has 2 N–H and O–H groups in total. The molecular weight excluding hydrogens is 226 g/mol. The minimum absolute atomic E-state index is 0.0239. The average molecular weight is 255 g/mol. The van der Waals surface area contributed by atoms with Gasteiger partial charge in [-0.15, -0.1) is 0 Å². The summed E-state index contributed by atoms with van der Waals surface area (Å²) in [5.41, 5.74) is 0. The Balaban J connectivity index is 2.37. The second-order valence-electron chi connectivity index (χ2n) is 6.07. The van der Waals surface area contributed by atoms with Gasteiger partial charge in [0.2, 0.25) is 5.91 Å². The summed E-state index contributed by atoms with van der Waals surface area (Å²) in [6, 6.07) is 0.892. The SMILES string of the molecule is CC(C)CCNC(=O)C(C)N1CC(C)NC(C)C1. The lowest BCUT2D eigenvalue weighted by molar-refractivity contribution is -0.126. The maximum atomic E-state index is 12.1. The molecule has 4 nitrogen and oxygen atoms in total. The number of nitrogens with one attached hydrogen (secondary N) is 2. The minimum atomic E-state index is -0.0239. The van der Waals surface area contributed by atoms with Gasteiger partial charge in [-0.05, 0) is 33.1 Å². The van der Waals surface area contributed by atoms with Gasteiger partial charge in [-0.3, -0.25) is 9.69 Å². The Hall–Kier alpha value is -0.610. The molecule has 0 aromatic rings. The fourth-order valence-corrected chi connectivity index (χ4v) is 2.48. The number of carbonyl (C=O) groups is 1. The zero-order chi connectivity index (χ0) is 13.7. The number of hydrogen-bond donors (Lipinski definition) is 2. The summed E-state index contributed by atoms with van der Waals surface area (Å²) >= 11 is 0. The lowest BCUT2D eigenvalue weighted by Crippen LogP contribution is -2.59. The summed E-state index contributed by atoms with van der Waals surface area (Å²) in [6.45, 7) is 13.4. The van der Waals surface area contributed by atoms with E-state index < -0.39 is 0 Å². The minimum Gasteiger partial charge on any atom is -0.355 e. The van der Waals surface area contributed by atoms with Crippen LogP contribution in [-0.2, 0) is 4.79 Å². The lowest BCUT2D eigenvalue weighted by atomic mass is 10.1. The molecule has 1 aliphatic heterocycles. The van der Waals surface area contributed by atoms with Crippen LogP contribution in [0.3, 0.4) is 0 Å². The van der Waals surface area contributed by atoms with Crippen molar-refractivity contribution in [2.24, 2.45) is 5.92 Å². The molecule has 1 amide bonds. The highest BCUT2D eigenvalue weighted by molar-refractivity contribution is 5.81. The van der Waals surface area contributed by atoms with Crippen molar-refractivity contribution in [3.05, 3.63) is 0 Å².